The lowest BCUT2D eigenvalue weighted by Crippen LogP contribution is -2.04. The lowest BCUT2D eigenvalue weighted by Gasteiger charge is -2.21. The number of aryl methyl sites for hydroxylation is 1. The predicted molar refractivity (Wildman–Crippen MR) is 60.1 cm³/mol. The number of benzene rings is 1. The van der Waals surface area contributed by atoms with Crippen molar-refractivity contribution in [3.63, 3.8) is 0 Å². The Kier molecular flexibility index (Phi) is 2.20. The summed E-state index contributed by atoms with van der Waals surface area (Å²) in [6.07, 6.45) is 2.31. The van der Waals surface area contributed by atoms with Gasteiger partial charge < -0.3 is 0 Å². The topological polar surface area (TPSA) is 0 Å². The molecule has 0 bridgehead atoms. The molecule has 1 aliphatic heterocycles. The lowest BCUT2D eigenvalue weighted by atomic mass is 10.1. The van der Waals surface area contributed by atoms with Crippen LogP contribution >= 0.6 is 11.8 Å². The SMILES string of the molecule is CC1=Cc2cccc(C)c2SC1C. The van der Waals surface area contributed by atoms with Gasteiger partial charge in [0.25, 0.3) is 0 Å². The molecular weight excluding hydrogens is 176 g/mol. The third-order valence-electron chi connectivity index (χ3n) is 2.56. The van der Waals surface area contributed by atoms with Crippen molar-refractivity contribution in [1.82, 2.24) is 0 Å². The number of fused-ring (bicyclic) bond motifs is 1. The molecule has 0 aromatic heterocycles. The molecule has 1 aromatic rings. The van der Waals surface area contributed by atoms with E-state index in [0.29, 0.717) is 5.25 Å². The van der Waals surface area contributed by atoms with E-state index in [9.17, 15) is 0 Å². The minimum atomic E-state index is 0.633. The van der Waals surface area contributed by atoms with Crippen LogP contribution in [0.4, 0.5) is 0 Å². The molecule has 0 nitrogen and oxygen atoms in total. The quantitative estimate of drug-likeness (QED) is 0.598. The molecule has 0 radical (unpaired) electrons. The molecule has 0 saturated carbocycles. The zero-order valence-electron chi connectivity index (χ0n) is 8.29. The van der Waals surface area contributed by atoms with E-state index < -0.39 is 0 Å². The molecule has 1 heterocycles. The summed E-state index contributed by atoms with van der Waals surface area (Å²) in [5, 5.41) is 0.633. The number of hydrogen-bond donors (Lipinski definition) is 0. The second-order valence-electron chi connectivity index (χ2n) is 3.64. The molecule has 1 aromatic carbocycles. The molecule has 0 spiro atoms. The predicted octanol–water partition coefficient (Wildman–Crippen LogP) is 3.89. The van der Waals surface area contributed by atoms with E-state index in [2.05, 4.69) is 45.0 Å². The molecule has 0 N–H and O–H groups in total. The average molecular weight is 190 g/mol. The van der Waals surface area contributed by atoms with Crippen LogP contribution in [0.25, 0.3) is 6.08 Å². The zero-order chi connectivity index (χ0) is 9.42. The van der Waals surface area contributed by atoms with Crippen LogP contribution in [-0.2, 0) is 0 Å². The molecule has 1 atom stereocenters. The lowest BCUT2D eigenvalue weighted by molar-refractivity contribution is 1.10. The zero-order valence-corrected chi connectivity index (χ0v) is 9.11. The maximum Gasteiger partial charge on any atom is 0.0276 e. The van der Waals surface area contributed by atoms with Crippen LogP contribution in [0.5, 0.6) is 0 Å². The minimum absolute atomic E-state index is 0.633. The van der Waals surface area contributed by atoms with Gasteiger partial charge in [-0.25, -0.2) is 0 Å². The van der Waals surface area contributed by atoms with Gasteiger partial charge in [0.2, 0.25) is 0 Å². The molecular formula is C12H14S. The molecule has 0 fully saturated rings. The Balaban J connectivity index is 2.56. The smallest absolute Gasteiger partial charge is 0.0276 e. The van der Waals surface area contributed by atoms with Gasteiger partial charge in [0.1, 0.15) is 0 Å². The highest BCUT2D eigenvalue weighted by atomic mass is 32.2. The van der Waals surface area contributed by atoms with Crippen LogP contribution in [0.1, 0.15) is 25.0 Å². The van der Waals surface area contributed by atoms with Crippen LogP contribution < -0.4 is 0 Å². The van der Waals surface area contributed by atoms with Gasteiger partial charge in [-0.15, -0.1) is 11.8 Å². The Morgan fingerprint density at radius 1 is 1.23 bits per heavy atom. The normalized spacial score (nSPS) is 20.8. The first-order valence-corrected chi connectivity index (χ1v) is 5.51. The van der Waals surface area contributed by atoms with Crippen LogP contribution in [0, 0.1) is 6.92 Å². The van der Waals surface area contributed by atoms with Gasteiger partial charge in [-0.2, -0.15) is 0 Å². The van der Waals surface area contributed by atoms with Crippen molar-refractivity contribution in [3.05, 3.63) is 34.9 Å². The van der Waals surface area contributed by atoms with Crippen LogP contribution in [0.15, 0.2) is 28.7 Å². The molecule has 13 heavy (non-hydrogen) atoms. The molecule has 1 heteroatoms. The molecule has 1 unspecified atom stereocenters. The molecule has 2 rings (SSSR count). The summed E-state index contributed by atoms with van der Waals surface area (Å²) in [4.78, 5) is 1.46. The Morgan fingerprint density at radius 3 is 2.77 bits per heavy atom. The Hall–Kier alpha value is -0.690. The van der Waals surface area contributed by atoms with Gasteiger partial charge >= 0.3 is 0 Å². The monoisotopic (exact) mass is 190 g/mol. The van der Waals surface area contributed by atoms with Gasteiger partial charge in [-0.1, -0.05) is 29.8 Å². The third kappa shape index (κ3) is 1.53. The van der Waals surface area contributed by atoms with Gasteiger partial charge in [0, 0.05) is 10.1 Å². The molecule has 0 amide bonds. The second kappa shape index (κ2) is 3.22. The van der Waals surface area contributed by atoms with Crippen molar-refractivity contribution >= 4 is 17.8 Å². The fourth-order valence-electron chi connectivity index (χ4n) is 1.58. The van der Waals surface area contributed by atoms with E-state index in [1.807, 2.05) is 11.8 Å². The highest BCUT2D eigenvalue weighted by molar-refractivity contribution is 8.00. The van der Waals surface area contributed by atoms with Crippen LogP contribution in [0.2, 0.25) is 0 Å². The van der Waals surface area contributed by atoms with Crippen molar-refractivity contribution in [1.29, 1.82) is 0 Å². The van der Waals surface area contributed by atoms with Gasteiger partial charge in [0.05, 0.1) is 0 Å². The Labute approximate surface area is 84.0 Å². The summed E-state index contributed by atoms with van der Waals surface area (Å²) in [6.45, 7) is 6.67. The average Bonchev–Trinajstić information content (AvgIpc) is 2.09. The molecule has 1 aliphatic rings. The molecule has 0 saturated heterocycles. The fraction of sp³-hybridized carbons (Fsp3) is 0.333. The van der Waals surface area contributed by atoms with E-state index >= 15 is 0 Å². The van der Waals surface area contributed by atoms with E-state index in [1.54, 1.807) is 0 Å². The second-order valence-corrected chi connectivity index (χ2v) is 4.99. The van der Waals surface area contributed by atoms with E-state index in [4.69, 9.17) is 0 Å². The standard InChI is InChI=1S/C12H14S/c1-8-5-4-6-11-7-9(2)10(3)13-12(8)11/h4-7,10H,1-3H3. The first-order valence-electron chi connectivity index (χ1n) is 4.63. The maximum absolute atomic E-state index is 2.31. The summed E-state index contributed by atoms with van der Waals surface area (Å²) in [7, 11) is 0. The van der Waals surface area contributed by atoms with Gasteiger partial charge in [0.15, 0.2) is 0 Å². The Bertz CT molecular complexity index is 363. The third-order valence-corrected chi connectivity index (χ3v) is 4.08. The number of thioether (sulfide) groups is 1. The minimum Gasteiger partial charge on any atom is -0.118 e. The van der Waals surface area contributed by atoms with Crippen molar-refractivity contribution in [2.75, 3.05) is 0 Å². The summed E-state index contributed by atoms with van der Waals surface area (Å²) in [6, 6.07) is 6.52. The first-order chi connectivity index (χ1) is 6.18. The fourth-order valence-corrected chi connectivity index (χ4v) is 2.71. The van der Waals surface area contributed by atoms with E-state index in [1.165, 1.54) is 21.6 Å². The largest absolute Gasteiger partial charge is 0.118 e. The van der Waals surface area contributed by atoms with Crippen molar-refractivity contribution in [3.8, 4) is 0 Å². The van der Waals surface area contributed by atoms with Gasteiger partial charge in [-0.3, -0.25) is 0 Å². The number of hydrogen-bond acceptors (Lipinski definition) is 1. The van der Waals surface area contributed by atoms with Crippen molar-refractivity contribution in [2.45, 2.75) is 30.9 Å². The summed E-state index contributed by atoms with van der Waals surface area (Å²) in [5.74, 6) is 0. The molecule has 68 valence electrons. The summed E-state index contributed by atoms with van der Waals surface area (Å²) >= 11 is 1.98. The maximum atomic E-state index is 2.31. The van der Waals surface area contributed by atoms with Crippen molar-refractivity contribution in [2.24, 2.45) is 0 Å². The highest BCUT2D eigenvalue weighted by Crippen LogP contribution is 2.38. The van der Waals surface area contributed by atoms with Gasteiger partial charge in [-0.05, 0) is 31.9 Å². The van der Waals surface area contributed by atoms with Crippen molar-refractivity contribution < 1.29 is 0 Å². The summed E-state index contributed by atoms with van der Waals surface area (Å²) in [5.41, 5.74) is 4.27. The Morgan fingerprint density at radius 2 is 2.00 bits per heavy atom. The van der Waals surface area contributed by atoms with Crippen LogP contribution in [-0.4, -0.2) is 5.25 Å². The van der Waals surface area contributed by atoms with Crippen LogP contribution in [0.3, 0.4) is 0 Å². The molecule has 0 aliphatic carbocycles. The first kappa shape index (κ1) is 8.89. The summed E-state index contributed by atoms with van der Waals surface area (Å²) < 4.78 is 0. The number of rotatable bonds is 0. The van der Waals surface area contributed by atoms with E-state index in [-0.39, 0.29) is 0 Å². The highest BCUT2D eigenvalue weighted by Gasteiger charge is 2.16. The van der Waals surface area contributed by atoms with E-state index in [0.717, 1.165) is 0 Å².